The molecule has 3 aromatic rings. The van der Waals surface area contributed by atoms with Crippen LogP contribution >= 0.6 is 11.3 Å². The lowest BCUT2D eigenvalue weighted by molar-refractivity contribution is -0.143. The van der Waals surface area contributed by atoms with Crippen molar-refractivity contribution in [3.63, 3.8) is 0 Å². The molecule has 0 bridgehead atoms. The Kier molecular flexibility index (Phi) is 5.83. The van der Waals surface area contributed by atoms with Crippen molar-refractivity contribution < 1.29 is 31.9 Å². The summed E-state index contributed by atoms with van der Waals surface area (Å²) in [5.74, 6) is -1.86. The first-order chi connectivity index (χ1) is 13.7. The number of esters is 1. The number of amides is 1. The summed E-state index contributed by atoms with van der Waals surface area (Å²) in [7, 11) is 0. The van der Waals surface area contributed by atoms with Crippen molar-refractivity contribution in [3.8, 4) is 0 Å². The average Bonchev–Trinajstić information content (AvgIpc) is 2.97. The molecule has 2 aromatic carbocycles. The molecule has 0 unspecified atom stereocenters. The highest BCUT2D eigenvalue weighted by molar-refractivity contribution is 7.16. The van der Waals surface area contributed by atoms with E-state index in [1.165, 1.54) is 22.8 Å². The SMILES string of the molecule is CCOC(=O)Cn1c(=NC(=O)c2ccc(C(F)(F)F)cc2)sc2cc(F)ccc21. The van der Waals surface area contributed by atoms with Crippen LogP contribution < -0.4 is 4.80 Å². The Morgan fingerprint density at radius 1 is 1.14 bits per heavy atom. The fraction of sp³-hybridized carbons (Fsp3) is 0.211. The second-order valence-electron chi connectivity index (χ2n) is 5.88. The fourth-order valence-electron chi connectivity index (χ4n) is 2.57. The molecular formula is C19H14F4N2O3S. The number of benzene rings is 2. The number of carbonyl (C=O) groups excluding carboxylic acids is 2. The van der Waals surface area contributed by atoms with Crippen LogP contribution in [0.3, 0.4) is 0 Å². The number of alkyl halides is 3. The molecule has 1 aromatic heterocycles. The summed E-state index contributed by atoms with van der Waals surface area (Å²) >= 11 is 0.976. The predicted octanol–water partition coefficient (Wildman–Crippen LogP) is 4.16. The Balaban J connectivity index is 2.04. The summed E-state index contributed by atoms with van der Waals surface area (Å²) in [4.78, 5) is 28.4. The molecule has 0 aliphatic carbocycles. The zero-order chi connectivity index (χ0) is 21.2. The number of rotatable bonds is 4. The molecule has 3 rings (SSSR count). The van der Waals surface area contributed by atoms with Crippen LogP contribution in [0.4, 0.5) is 17.6 Å². The van der Waals surface area contributed by atoms with Gasteiger partial charge >= 0.3 is 12.1 Å². The van der Waals surface area contributed by atoms with Crippen molar-refractivity contribution in [2.75, 3.05) is 6.61 Å². The molecule has 0 atom stereocenters. The van der Waals surface area contributed by atoms with Crippen LogP contribution in [-0.4, -0.2) is 23.1 Å². The highest BCUT2D eigenvalue weighted by Gasteiger charge is 2.30. The summed E-state index contributed by atoms with van der Waals surface area (Å²) in [6.07, 6.45) is -4.52. The highest BCUT2D eigenvalue weighted by atomic mass is 32.1. The minimum atomic E-state index is -4.52. The second kappa shape index (κ2) is 8.16. The lowest BCUT2D eigenvalue weighted by atomic mass is 10.1. The van der Waals surface area contributed by atoms with Gasteiger partial charge in [-0.3, -0.25) is 9.59 Å². The highest BCUT2D eigenvalue weighted by Crippen LogP contribution is 2.29. The molecule has 1 heterocycles. The van der Waals surface area contributed by atoms with Crippen LogP contribution in [0.2, 0.25) is 0 Å². The number of fused-ring (bicyclic) bond motifs is 1. The van der Waals surface area contributed by atoms with Gasteiger partial charge in [-0.2, -0.15) is 18.2 Å². The quantitative estimate of drug-likeness (QED) is 0.465. The largest absolute Gasteiger partial charge is 0.465 e. The summed E-state index contributed by atoms with van der Waals surface area (Å²) in [6, 6.07) is 7.52. The smallest absolute Gasteiger partial charge is 0.416 e. The van der Waals surface area contributed by atoms with Gasteiger partial charge in [0.2, 0.25) is 0 Å². The lowest BCUT2D eigenvalue weighted by Crippen LogP contribution is -2.23. The van der Waals surface area contributed by atoms with Crippen molar-refractivity contribution >= 4 is 33.4 Å². The van der Waals surface area contributed by atoms with Gasteiger partial charge in [0.15, 0.2) is 4.80 Å². The minimum absolute atomic E-state index is 0.0516. The van der Waals surface area contributed by atoms with Gasteiger partial charge in [0.1, 0.15) is 12.4 Å². The number of hydrogen-bond donors (Lipinski definition) is 0. The van der Waals surface area contributed by atoms with Gasteiger partial charge in [-0.25, -0.2) is 4.39 Å². The van der Waals surface area contributed by atoms with E-state index in [-0.39, 0.29) is 23.5 Å². The van der Waals surface area contributed by atoms with E-state index in [1.54, 1.807) is 6.92 Å². The summed E-state index contributed by atoms with van der Waals surface area (Å²) in [5.41, 5.74) is -0.462. The third kappa shape index (κ3) is 4.70. The number of aromatic nitrogens is 1. The monoisotopic (exact) mass is 426 g/mol. The van der Waals surface area contributed by atoms with E-state index in [0.29, 0.717) is 10.2 Å². The predicted molar refractivity (Wildman–Crippen MR) is 97.7 cm³/mol. The van der Waals surface area contributed by atoms with E-state index in [4.69, 9.17) is 4.74 Å². The maximum absolute atomic E-state index is 13.5. The normalized spacial score (nSPS) is 12.4. The molecule has 0 aliphatic heterocycles. The maximum Gasteiger partial charge on any atom is 0.416 e. The van der Waals surface area contributed by atoms with Crippen LogP contribution in [0.15, 0.2) is 47.5 Å². The van der Waals surface area contributed by atoms with Crippen LogP contribution in [-0.2, 0) is 22.3 Å². The minimum Gasteiger partial charge on any atom is -0.465 e. The number of carbonyl (C=O) groups is 2. The topological polar surface area (TPSA) is 60.7 Å². The molecule has 0 N–H and O–H groups in total. The van der Waals surface area contributed by atoms with E-state index in [2.05, 4.69) is 4.99 Å². The summed E-state index contributed by atoms with van der Waals surface area (Å²) in [5, 5.41) is 0. The van der Waals surface area contributed by atoms with Gasteiger partial charge in [0.25, 0.3) is 5.91 Å². The van der Waals surface area contributed by atoms with E-state index >= 15 is 0 Å². The molecule has 0 saturated carbocycles. The molecule has 5 nitrogen and oxygen atoms in total. The molecule has 0 spiro atoms. The number of hydrogen-bond acceptors (Lipinski definition) is 4. The first kappa shape index (κ1) is 20.7. The molecular weight excluding hydrogens is 412 g/mol. The Hall–Kier alpha value is -3.01. The zero-order valence-electron chi connectivity index (χ0n) is 15.0. The van der Waals surface area contributed by atoms with Crippen LogP contribution in [0.5, 0.6) is 0 Å². The number of thiazole rings is 1. The van der Waals surface area contributed by atoms with E-state index in [1.807, 2.05) is 0 Å². The maximum atomic E-state index is 13.5. The Labute approximate surface area is 165 Å². The molecule has 0 aliphatic rings. The number of nitrogens with zero attached hydrogens (tertiary/aromatic N) is 2. The summed E-state index contributed by atoms with van der Waals surface area (Å²) < 4.78 is 58.3. The second-order valence-corrected chi connectivity index (χ2v) is 6.89. The Morgan fingerprint density at radius 2 is 1.83 bits per heavy atom. The van der Waals surface area contributed by atoms with E-state index in [0.717, 1.165) is 35.6 Å². The van der Waals surface area contributed by atoms with Crippen LogP contribution in [0.25, 0.3) is 10.2 Å². The molecule has 29 heavy (non-hydrogen) atoms. The third-order valence-corrected chi connectivity index (χ3v) is 4.93. The van der Waals surface area contributed by atoms with Gasteiger partial charge in [0, 0.05) is 5.56 Å². The average molecular weight is 426 g/mol. The van der Waals surface area contributed by atoms with Crippen LogP contribution in [0, 0.1) is 5.82 Å². The van der Waals surface area contributed by atoms with E-state index < -0.39 is 29.4 Å². The molecule has 0 fully saturated rings. The standard InChI is InChI=1S/C19H14F4N2O3S/c1-2-28-16(26)10-25-14-8-7-13(20)9-15(14)29-18(25)24-17(27)11-3-5-12(6-4-11)19(21,22)23/h3-9H,2,10H2,1H3. The van der Waals surface area contributed by atoms with Crippen LogP contribution in [0.1, 0.15) is 22.8 Å². The summed E-state index contributed by atoms with van der Waals surface area (Å²) in [6.45, 7) is 1.55. The molecule has 10 heteroatoms. The van der Waals surface area contributed by atoms with Gasteiger partial charge < -0.3 is 9.30 Å². The van der Waals surface area contributed by atoms with Crippen molar-refractivity contribution in [1.82, 2.24) is 4.57 Å². The molecule has 0 saturated heterocycles. The lowest BCUT2D eigenvalue weighted by Gasteiger charge is -2.06. The number of halogens is 4. The van der Waals surface area contributed by atoms with Crippen molar-refractivity contribution in [3.05, 3.63) is 64.2 Å². The number of ether oxygens (including phenoxy) is 1. The molecule has 0 radical (unpaired) electrons. The molecule has 1 amide bonds. The molecule has 152 valence electrons. The van der Waals surface area contributed by atoms with Gasteiger partial charge in [0.05, 0.1) is 22.4 Å². The zero-order valence-corrected chi connectivity index (χ0v) is 15.8. The van der Waals surface area contributed by atoms with Crippen molar-refractivity contribution in [2.24, 2.45) is 4.99 Å². The van der Waals surface area contributed by atoms with Crippen molar-refractivity contribution in [1.29, 1.82) is 0 Å². The van der Waals surface area contributed by atoms with Gasteiger partial charge in [-0.05, 0) is 49.4 Å². The Bertz CT molecular complexity index is 1130. The first-order valence-electron chi connectivity index (χ1n) is 8.40. The van der Waals surface area contributed by atoms with Gasteiger partial charge in [-0.1, -0.05) is 11.3 Å². The third-order valence-electron chi connectivity index (χ3n) is 3.89. The first-order valence-corrected chi connectivity index (χ1v) is 9.21. The fourth-order valence-corrected chi connectivity index (χ4v) is 3.63. The van der Waals surface area contributed by atoms with E-state index in [9.17, 15) is 27.2 Å². The Morgan fingerprint density at radius 3 is 2.45 bits per heavy atom. The van der Waals surface area contributed by atoms with Crippen molar-refractivity contribution in [2.45, 2.75) is 19.6 Å². The van der Waals surface area contributed by atoms with Gasteiger partial charge in [-0.15, -0.1) is 0 Å².